The van der Waals surface area contributed by atoms with Crippen LogP contribution in [0.15, 0.2) is 48.5 Å². The maximum Gasteiger partial charge on any atom is 0.319 e. The molecule has 1 atom stereocenters. The molecule has 0 spiro atoms. The van der Waals surface area contributed by atoms with E-state index in [0.717, 1.165) is 30.9 Å². The van der Waals surface area contributed by atoms with Crippen molar-refractivity contribution >= 4 is 17.4 Å². The number of ether oxygens (including phenoxy) is 1. The van der Waals surface area contributed by atoms with Gasteiger partial charge in [0.1, 0.15) is 5.75 Å². The predicted octanol–water partition coefficient (Wildman–Crippen LogP) is 3.21. The van der Waals surface area contributed by atoms with Crippen molar-refractivity contribution in [3.63, 3.8) is 0 Å². The summed E-state index contributed by atoms with van der Waals surface area (Å²) in [5.41, 5.74) is 2.33. The molecule has 3 rings (SSSR count). The second-order valence-corrected chi connectivity index (χ2v) is 6.30. The summed E-state index contributed by atoms with van der Waals surface area (Å²) in [7, 11) is 1.68. The van der Waals surface area contributed by atoms with E-state index in [4.69, 9.17) is 10.00 Å². The van der Waals surface area contributed by atoms with E-state index in [1.807, 2.05) is 18.2 Å². The van der Waals surface area contributed by atoms with E-state index in [1.165, 1.54) is 0 Å². The summed E-state index contributed by atoms with van der Waals surface area (Å²) in [4.78, 5) is 14.4. The number of nitriles is 1. The van der Waals surface area contributed by atoms with Crippen LogP contribution < -0.4 is 20.3 Å². The lowest BCUT2D eigenvalue weighted by molar-refractivity contribution is 0.250. The molecule has 26 heavy (non-hydrogen) atoms. The lowest BCUT2D eigenvalue weighted by Gasteiger charge is -2.21. The maximum absolute atomic E-state index is 12.1. The first kappa shape index (κ1) is 17.6. The number of nitrogens with one attached hydrogen (secondary N) is 2. The Hall–Kier alpha value is -3.20. The molecule has 134 valence electrons. The van der Waals surface area contributed by atoms with Crippen LogP contribution in [0.2, 0.25) is 0 Å². The van der Waals surface area contributed by atoms with Gasteiger partial charge in [0.05, 0.1) is 24.4 Å². The number of hydrogen-bond donors (Lipinski definition) is 2. The van der Waals surface area contributed by atoms with Crippen molar-refractivity contribution in [1.82, 2.24) is 5.32 Å². The topological polar surface area (TPSA) is 77.4 Å². The largest absolute Gasteiger partial charge is 0.495 e. The van der Waals surface area contributed by atoms with Crippen LogP contribution in [0.25, 0.3) is 0 Å². The number of rotatable bonds is 5. The fraction of sp³-hybridized carbons (Fsp3) is 0.300. The van der Waals surface area contributed by atoms with Crippen molar-refractivity contribution in [2.45, 2.75) is 6.42 Å². The molecule has 2 N–H and O–H groups in total. The summed E-state index contributed by atoms with van der Waals surface area (Å²) in [5.74, 6) is 1.27. The van der Waals surface area contributed by atoms with Gasteiger partial charge in [-0.15, -0.1) is 0 Å². The number of nitrogens with zero attached hydrogens (tertiary/aromatic N) is 2. The average molecular weight is 350 g/mol. The Balaban J connectivity index is 1.48. The van der Waals surface area contributed by atoms with E-state index < -0.39 is 0 Å². The SMILES string of the molecule is COc1ccccc1N1CCC(CNC(=O)Nc2ccc(C#N)cc2)C1. The van der Waals surface area contributed by atoms with E-state index in [9.17, 15) is 4.79 Å². The van der Waals surface area contributed by atoms with Gasteiger partial charge in [-0.05, 0) is 48.7 Å². The first-order valence-corrected chi connectivity index (χ1v) is 8.62. The highest BCUT2D eigenvalue weighted by molar-refractivity contribution is 5.89. The van der Waals surface area contributed by atoms with Crippen molar-refractivity contribution < 1.29 is 9.53 Å². The number of para-hydroxylation sites is 2. The second kappa shape index (κ2) is 8.26. The van der Waals surface area contributed by atoms with E-state index >= 15 is 0 Å². The minimum absolute atomic E-state index is 0.231. The van der Waals surface area contributed by atoms with Gasteiger partial charge in [-0.1, -0.05) is 12.1 Å². The van der Waals surface area contributed by atoms with Crippen LogP contribution in [0.4, 0.5) is 16.2 Å². The Labute approximate surface area is 153 Å². The first-order valence-electron chi connectivity index (χ1n) is 8.62. The molecular formula is C20H22N4O2. The lowest BCUT2D eigenvalue weighted by atomic mass is 10.1. The van der Waals surface area contributed by atoms with Gasteiger partial charge in [0, 0.05) is 25.3 Å². The van der Waals surface area contributed by atoms with E-state index in [-0.39, 0.29) is 6.03 Å². The summed E-state index contributed by atoms with van der Waals surface area (Å²) in [5, 5.41) is 14.5. The van der Waals surface area contributed by atoms with Gasteiger partial charge in [-0.3, -0.25) is 0 Å². The Morgan fingerprint density at radius 1 is 1.27 bits per heavy atom. The molecule has 0 bridgehead atoms. The van der Waals surface area contributed by atoms with Crippen LogP contribution >= 0.6 is 0 Å². The molecule has 1 fully saturated rings. The van der Waals surface area contributed by atoms with Gasteiger partial charge in [0.25, 0.3) is 0 Å². The monoisotopic (exact) mass is 350 g/mol. The van der Waals surface area contributed by atoms with Crippen LogP contribution in [-0.2, 0) is 0 Å². The smallest absolute Gasteiger partial charge is 0.319 e. The fourth-order valence-corrected chi connectivity index (χ4v) is 3.15. The molecule has 1 aliphatic heterocycles. The summed E-state index contributed by atoms with van der Waals surface area (Å²) in [6.07, 6.45) is 1.02. The molecule has 6 nitrogen and oxygen atoms in total. The van der Waals surface area contributed by atoms with Crippen LogP contribution in [0.1, 0.15) is 12.0 Å². The molecule has 1 heterocycles. The number of benzene rings is 2. The van der Waals surface area contributed by atoms with E-state index in [0.29, 0.717) is 23.7 Å². The molecule has 2 aromatic rings. The van der Waals surface area contributed by atoms with Gasteiger partial charge in [-0.25, -0.2) is 4.79 Å². The molecule has 0 radical (unpaired) electrons. The van der Waals surface area contributed by atoms with Crippen molar-refractivity contribution in [3.05, 3.63) is 54.1 Å². The zero-order chi connectivity index (χ0) is 18.4. The van der Waals surface area contributed by atoms with Crippen LogP contribution in [0.5, 0.6) is 5.75 Å². The van der Waals surface area contributed by atoms with Gasteiger partial charge in [0.15, 0.2) is 0 Å². The molecule has 1 saturated heterocycles. The van der Waals surface area contributed by atoms with Crippen LogP contribution in [-0.4, -0.2) is 32.8 Å². The van der Waals surface area contributed by atoms with Gasteiger partial charge < -0.3 is 20.3 Å². The highest BCUT2D eigenvalue weighted by Crippen LogP contribution is 2.31. The normalized spacial score (nSPS) is 16.0. The highest BCUT2D eigenvalue weighted by atomic mass is 16.5. The third-order valence-corrected chi connectivity index (χ3v) is 4.53. The number of urea groups is 1. The van der Waals surface area contributed by atoms with E-state index in [1.54, 1.807) is 31.4 Å². The average Bonchev–Trinajstić information content (AvgIpc) is 3.16. The summed E-state index contributed by atoms with van der Waals surface area (Å²) in [6, 6.07) is 16.6. The Bertz CT molecular complexity index is 798. The quantitative estimate of drug-likeness (QED) is 0.868. The maximum atomic E-state index is 12.1. The molecule has 0 aromatic heterocycles. The minimum Gasteiger partial charge on any atom is -0.495 e. The second-order valence-electron chi connectivity index (χ2n) is 6.30. The standard InChI is InChI=1S/C20H22N4O2/c1-26-19-5-3-2-4-18(19)24-11-10-16(14-24)13-22-20(25)23-17-8-6-15(12-21)7-9-17/h2-9,16H,10-11,13-14H2,1H3,(H2,22,23,25). The lowest BCUT2D eigenvalue weighted by Crippen LogP contribution is -2.34. The molecule has 6 heteroatoms. The Kier molecular flexibility index (Phi) is 5.59. The third-order valence-electron chi connectivity index (χ3n) is 4.53. The zero-order valence-corrected chi connectivity index (χ0v) is 14.7. The number of carbonyl (C=O) groups excluding carboxylic acids is 1. The Morgan fingerprint density at radius 3 is 2.77 bits per heavy atom. The predicted molar refractivity (Wildman–Crippen MR) is 101 cm³/mol. The molecule has 1 unspecified atom stereocenters. The molecule has 2 amide bonds. The van der Waals surface area contributed by atoms with E-state index in [2.05, 4.69) is 27.7 Å². The molecule has 2 aromatic carbocycles. The molecular weight excluding hydrogens is 328 g/mol. The summed E-state index contributed by atoms with van der Waals surface area (Å²) in [6.45, 7) is 2.45. The highest BCUT2D eigenvalue weighted by Gasteiger charge is 2.24. The number of carbonyl (C=O) groups is 1. The Morgan fingerprint density at radius 2 is 2.04 bits per heavy atom. The number of methoxy groups -OCH3 is 1. The number of anilines is 2. The molecule has 0 aliphatic carbocycles. The zero-order valence-electron chi connectivity index (χ0n) is 14.7. The van der Waals surface area contributed by atoms with Gasteiger partial charge >= 0.3 is 6.03 Å². The third kappa shape index (κ3) is 4.25. The van der Waals surface area contributed by atoms with Crippen molar-refractivity contribution in [2.75, 3.05) is 37.0 Å². The molecule has 1 aliphatic rings. The van der Waals surface area contributed by atoms with Crippen molar-refractivity contribution in [2.24, 2.45) is 5.92 Å². The van der Waals surface area contributed by atoms with Crippen LogP contribution in [0, 0.1) is 17.2 Å². The first-order chi connectivity index (χ1) is 12.7. The minimum atomic E-state index is -0.231. The van der Waals surface area contributed by atoms with Crippen LogP contribution in [0.3, 0.4) is 0 Å². The summed E-state index contributed by atoms with van der Waals surface area (Å²) >= 11 is 0. The summed E-state index contributed by atoms with van der Waals surface area (Å²) < 4.78 is 5.43. The van der Waals surface area contributed by atoms with Crippen molar-refractivity contribution in [1.29, 1.82) is 5.26 Å². The number of amides is 2. The fourth-order valence-electron chi connectivity index (χ4n) is 3.15. The van der Waals surface area contributed by atoms with Crippen molar-refractivity contribution in [3.8, 4) is 11.8 Å². The molecule has 0 saturated carbocycles. The van der Waals surface area contributed by atoms with Gasteiger partial charge in [-0.2, -0.15) is 5.26 Å². The van der Waals surface area contributed by atoms with Gasteiger partial charge in [0.2, 0.25) is 0 Å². The number of hydrogen-bond acceptors (Lipinski definition) is 4.